The van der Waals surface area contributed by atoms with Crippen molar-refractivity contribution >= 4 is 52.4 Å². The molecule has 0 spiro atoms. The Kier molecular flexibility index (Phi) is 5.04. The predicted molar refractivity (Wildman–Crippen MR) is 95.8 cm³/mol. The van der Waals surface area contributed by atoms with Crippen molar-refractivity contribution < 1.29 is 14.0 Å². The quantitative estimate of drug-likeness (QED) is 0.708. The Morgan fingerprint density at radius 2 is 1.96 bits per heavy atom. The number of carbonyl (C=O) groups is 2. The lowest BCUT2D eigenvalue weighted by Gasteiger charge is -2.13. The van der Waals surface area contributed by atoms with E-state index in [2.05, 4.69) is 0 Å². The van der Waals surface area contributed by atoms with Crippen molar-refractivity contribution in [1.82, 2.24) is 4.90 Å². The van der Waals surface area contributed by atoms with Crippen LogP contribution in [0.15, 0.2) is 45.9 Å². The molecule has 0 atom stereocenters. The minimum absolute atomic E-state index is 0.0904. The van der Waals surface area contributed by atoms with E-state index in [1.54, 1.807) is 30.3 Å². The number of amides is 2. The fourth-order valence-corrected chi connectivity index (χ4v) is 3.83. The Bertz CT molecular complexity index is 830. The van der Waals surface area contributed by atoms with Gasteiger partial charge in [0, 0.05) is 10.6 Å². The SMILES string of the molecule is CCSC1=C(c2ccc(Cl)cc2Cl)C(=O)N(Cc2ccco2)C1=O. The summed E-state index contributed by atoms with van der Waals surface area (Å²) in [5, 5.41) is 0.811. The lowest BCUT2D eigenvalue weighted by molar-refractivity contribution is -0.137. The van der Waals surface area contributed by atoms with Crippen LogP contribution in [0.2, 0.25) is 10.0 Å². The summed E-state index contributed by atoms with van der Waals surface area (Å²) < 4.78 is 5.25. The molecule has 2 aromatic rings. The van der Waals surface area contributed by atoms with E-state index in [1.165, 1.54) is 22.9 Å². The second kappa shape index (κ2) is 7.05. The van der Waals surface area contributed by atoms with Crippen molar-refractivity contribution in [1.29, 1.82) is 0 Å². The number of furan rings is 1. The van der Waals surface area contributed by atoms with Gasteiger partial charge in [-0.2, -0.15) is 0 Å². The molecule has 0 unspecified atom stereocenters. The van der Waals surface area contributed by atoms with Crippen LogP contribution in [0.4, 0.5) is 0 Å². The summed E-state index contributed by atoms with van der Waals surface area (Å²) in [5.74, 6) is 0.499. The number of thioether (sulfide) groups is 1. The first-order valence-corrected chi connectivity index (χ1v) is 8.98. The number of imide groups is 1. The van der Waals surface area contributed by atoms with Crippen molar-refractivity contribution in [2.24, 2.45) is 0 Å². The zero-order valence-corrected chi connectivity index (χ0v) is 15.0. The maximum atomic E-state index is 12.9. The third kappa shape index (κ3) is 3.11. The van der Waals surface area contributed by atoms with Crippen LogP contribution >= 0.6 is 35.0 Å². The molecule has 1 aliphatic rings. The molecule has 2 heterocycles. The van der Waals surface area contributed by atoms with Gasteiger partial charge in [0.05, 0.1) is 28.3 Å². The molecule has 0 radical (unpaired) electrons. The monoisotopic (exact) mass is 381 g/mol. The van der Waals surface area contributed by atoms with Gasteiger partial charge in [0.2, 0.25) is 0 Å². The van der Waals surface area contributed by atoms with E-state index in [4.69, 9.17) is 27.6 Å². The van der Waals surface area contributed by atoms with Gasteiger partial charge >= 0.3 is 0 Å². The normalized spacial score (nSPS) is 14.9. The van der Waals surface area contributed by atoms with Crippen LogP contribution in [-0.2, 0) is 16.1 Å². The minimum Gasteiger partial charge on any atom is -0.467 e. The Morgan fingerprint density at radius 1 is 1.17 bits per heavy atom. The lowest BCUT2D eigenvalue weighted by Crippen LogP contribution is -2.30. The van der Waals surface area contributed by atoms with E-state index in [-0.39, 0.29) is 18.4 Å². The number of hydrogen-bond acceptors (Lipinski definition) is 4. The Hall–Kier alpha value is -1.69. The molecular weight excluding hydrogens is 369 g/mol. The number of benzene rings is 1. The third-order valence-corrected chi connectivity index (χ3v) is 5.01. The second-order valence-corrected chi connectivity index (χ2v) is 7.16. The minimum atomic E-state index is -0.378. The molecule has 0 saturated carbocycles. The van der Waals surface area contributed by atoms with Gasteiger partial charge in [0.1, 0.15) is 5.76 Å². The van der Waals surface area contributed by atoms with Gasteiger partial charge in [-0.25, -0.2) is 0 Å². The number of rotatable bonds is 5. The number of carbonyl (C=O) groups excluding carboxylic acids is 2. The van der Waals surface area contributed by atoms with Crippen LogP contribution in [0.1, 0.15) is 18.2 Å². The summed E-state index contributed by atoms with van der Waals surface area (Å²) in [7, 11) is 0. The van der Waals surface area contributed by atoms with E-state index >= 15 is 0 Å². The average molecular weight is 382 g/mol. The van der Waals surface area contributed by atoms with Crippen molar-refractivity contribution in [3.8, 4) is 0 Å². The molecular formula is C17H13Cl2NO3S. The Morgan fingerprint density at radius 3 is 2.58 bits per heavy atom. The molecule has 124 valence electrons. The standard InChI is InChI=1S/C17H13Cl2NO3S/c1-2-24-15-14(12-6-5-10(18)8-13(12)19)16(21)20(17(15)22)9-11-4-3-7-23-11/h3-8H,2,9H2,1H3. The fourth-order valence-electron chi connectivity index (χ4n) is 2.46. The third-order valence-electron chi connectivity index (χ3n) is 3.51. The van der Waals surface area contributed by atoms with E-state index in [1.807, 2.05) is 6.92 Å². The lowest BCUT2D eigenvalue weighted by atomic mass is 10.1. The van der Waals surface area contributed by atoms with Crippen molar-refractivity contribution in [3.63, 3.8) is 0 Å². The molecule has 4 nitrogen and oxygen atoms in total. The molecule has 0 bridgehead atoms. The van der Waals surface area contributed by atoms with Gasteiger partial charge in [-0.15, -0.1) is 11.8 Å². The molecule has 0 N–H and O–H groups in total. The van der Waals surface area contributed by atoms with Crippen LogP contribution in [0, 0.1) is 0 Å². The zero-order chi connectivity index (χ0) is 17.3. The highest BCUT2D eigenvalue weighted by molar-refractivity contribution is 8.04. The zero-order valence-electron chi connectivity index (χ0n) is 12.7. The second-order valence-electron chi connectivity index (χ2n) is 5.04. The first-order valence-electron chi connectivity index (χ1n) is 7.24. The van der Waals surface area contributed by atoms with Gasteiger partial charge in [-0.05, 0) is 30.0 Å². The molecule has 1 aromatic heterocycles. The predicted octanol–water partition coefficient (Wildman–Crippen LogP) is 4.62. The molecule has 7 heteroatoms. The van der Waals surface area contributed by atoms with E-state index in [0.29, 0.717) is 37.6 Å². The Balaban J connectivity index is 2.03. The van der Waals surface area contributed by atoms with E-state index in [9.17, 15) is 9.59 Å². The molecule has 3 rings (SSSR count). The highest BCUT2D eigenvalue weighted by Crippen LogP contribution is 2.39. The van der Waals surface area contributed by atoms with Gasteiger partial charge in [0.25, 0.3) is 11.8 Å². The van der Waals surface area contributed by atoms with Crippen LogP contribution in [-0.4, -0.2) is 22.5 Å². The highest BCUT2D eigenvalue weighted by Gasteiger charge is 2.40. The maximum absolute atomic E-state index is 12.9. The summed E-state index contributed by atoms with van der Waals surface area (Å²) in [4.78, 5) is 27.2. The van der Waals surface area contributed by atoms with Gasteiger partial charge in [0.15, 0.2) is 0 Å². The topological polar surface area (TPSA) is 50.5 Å². The van der Waals surface area contributed by atoms with E-state index in [0.717, 1.165) is 0 Å². The maximum Gasteiger partial charge on any atom is 0.268 e. The van der Waals surface area contributed by atoms with Crippen molar-refractivity contribution in [2.45, 2.75) is 13.5 Å². The van der Waals surface area contributed by atoms with Crippen LogP contribution in [0.5, 0.6) is 0 Å². The smallest absolute Gasteiger partial charge is 0.268 e. The molecule has 2 amide bonds. The highest BCUT2D eigenvalue weighted by atomic mass is 35.5. The number of hydrogen-bond donors (Lipinski definition) is 0. The molecule has 1 aromatic carbocycles. The first kappa shape index (κ1) is 17.1. The summed E-state index contributed by atoms with van der Waals surface area (Å²) in [5.41, 5.74) is 0.831. The summed E-state index contributed by atoms with van der Waals surface area (Å²) in [6.07, 6.45) is 1.51. The van der Waals surface area contributed by atoms with Crippen molar-refractivity contribution in [2.75, 3.05) is 5.75 Å². The van der Waals surface area contributed by atoms with Crippen LogP contribution < -0.4 is 0 Å². The van der Waals surface area contributed by atoms with Crippen molar-refractivity contribution in [3.05, 3.63) is 62.9 Å². The largest absolute Gasteiger partial charge is 0.467 e. The van der Waals surface area contributed by atoms with Crippen LogP contribution in [0.3, 0.4) is 0 Å². The van der Waals surface area contributed by atoms with Crippen LogP contribution in [0.25, 0.3) is 5.57 Å². The molecule has 24 heavy (non-hydrogen) atoms. The molecule has 0 aliphatic carbocycles. The van der Waals surface area contributed by atoms with E-state index < -0.39 is 0 Å². The van der Waals surface area contributed by atoms with Gasteiger partial charge in [-0.1, -0.05) is 36.2 Å². The Labute approximate surface area is 153 Å². The summed E-state index contributed by atoms with van der Waals surface area (Å²) in [6.45, 7) is 2.01. The van der Waals surface area contributed by atoms with Gasteiger partial charge in [-0.3, -0.25) is 14.5 Å². The first-order chi connectivity index (χ1) is 11.5. The molecule has 0 saturated heterocycles. The van der Waals surface area contributed by atoms with Gasteiger partial charge < -0.3 is 4.42 Å². The molecule has 1 aliphatic heterocycles. The number of halogens is 2. The average Bonchev–Trinajstić information content (AvgIpc) is 3.12. The fraction of sp³-hybridized carbons (Fsp3) is 0.176. The summed E-state index contributed by atoms with van der Waals surface area (Å²) >= 11 is 13.5. The molecule has 0 fully saturated rings. The summed E-state index contributed by atoms with van der Waals surface area (Å²) in [6, 6.07) is 8.31. The number of nitrogens with zero attached hydrogens (tertiary/aromatic N) is 1.